The summed E-state index contributed by atoms with van der Waals surface area (Å²) in [5, 5.41) is 0. The van der Waals surface area contributed by atoms with Crippen molar-refractivity contribution in [1.29, 1.82) is 0 Å². The van der Waals surface area contributed by atoms with Crippen molar-refractivity contribution in [1.82, 2.24) is 5.43 Å². The second-order valence-electron chi connectivity index (χ2n) is 4.28. The Bertz CT molecular complexity index is 599. The Morgan fingerprint density at radius 1 is 1.00 bits per heavy atom. The van der Waals surface area contributed by atoms with Crippen LogP contribution in [0.25, 0.3) is 0 Å². The number of hydrazine groups is 1. The molecule has 106 valence electrons. The Morgan fingerprint density at radius 3 is 2.15 bits per heavy atom. The minimum atomic E-state index is -4.37. The van der Waals surface area contributed by atoms with E-state index in [9.17, 15) is 13.2 Å². The maximum absolute atomic E-state index is 12.7. The van der Waals surface area contributed by atoms with Crippen LogP contribution in [0, 0.1) is 0 Å². The molecule has 0 aliphatic carbocycles. The molecule has 0 fully saturated rings. The van der Waals surface area contributed by atoms with E-state index in [0.29, 0.717) is 5.56 Å². The van der Waals surface area contributed by atoms with Crippen molar-refractivity contribution in [3.8, 4) is 0 Å². The fraction of sp³-hybridized carbons (Fsp3) is 0.143. The highest BCUT2D eigenvalue weighted by atomic mass is 79.9. The maximum Gasteiger partial charge on any atom is 0.416 e. The number of nitrogens with one attached hydrogen (secondary N) is 1. The summed E-state index contributed by atoms with van der Waals surface area (Å²) < 4.78 is 39.1. The van der Waals surface area contributed by atoms with E-state index in [1.165, 1.54) is 6.07 Å². The molecule has 0 aromatic heterocycles. The summed E-state index contributed by atoms with van der Waals surface area (Å²) in [6, 6.07) is 11.9. The van der Waals surface area contributed by atoms with Crippen molar-refractivity contribution >= 4 is 15.9 Å². The Labute approximate surface area is 122 Å². The zero-order valence-corrected chi connectivity index (χ0v) is 11.9. The first kappa shape index (κ1) is 15.0. The molecule has 20 heavy (non-hydrogen) atoms. The highest BCUT2D eigenvalue weighted by Gasteiger charge is 2.31. The molecule has 2 rings (SSSR count). The van der Waals surface area contributed by atoms with Gasteiger partial charge >= 0.3 is 6.18 Å². The molecule has 0 saturated heterocycles. The smallest absolute Gasteiger partial charge is 0.271 e. The van der Waals surface area contributed by atoms with Gasteiger partial charge in [0.2, 0.25) is 0 Å². The molecular formula is C14H12BrF3N2. The SMILES string of the molecule is NNC(c1cccc(Br)c1)c1cccc(C(F)(F)F)c1. The monoisotopic (exact) mass is 344 g/mol. The fourth-order valence-electron chi connectivity index (χ4n) is 1.97. The maximum atomic E-state index is 12.7. The number of benzene rings is 2. The predicted molar refractivity (Wildman–Crippen MR) is 74.8 cm³/mol. The van der Waals surface area contributed by atoms with Crippen molar-refractivity contribution in [2.75, 3.05) is 0 Å². The van der Waals surface area contributed by atoms with Crippen molar-refractivity contribution < 1.29 is 13.2 Å². The molecule has 0 spiro atoms. The van der Waals surface area contributed by atoms with Gasteiger partial charge in [-0.1, -0.05) is 40.2 Å². The van der Waals surface area contributed by atoms with Gasteiger partial charge in [-0.3, -0.25) is 5.84 Å². The largest absolute Gasteiger partial charge is 0.416 e. The zero-order valence-electron chi connectivity index (χ0n) is 10.3. The van der Waals surface area contributed by atoms with E-state index in [4.69, 9.17) is 5.84 Å². The lowest BCUT2D eigenvalue weighted by molar-refractivity contribution is -0.137. The second kappa shape index (κ2) is 5.95. The van der Waals surface area contributed by atoms with E-state index in [-0.39, 0.29) is 0 Å². The third-order valence-corrected chi connectivity index (χ3v) is 3.39. The van der Waals surface area contributed by atoms with Crippen LogP contribution in [-0.2, 0) is 6.18 Å². The highest BCUT2D eigenvalue weighted by Crippen LogP contribution is 2.32. The first-order chi connectivity index (χ1) is 9.41. The van der Waals surface area contributed by atoms with Gasteiger partial charge in [0, 0.05) is 4.47 Å². The van der Waals surface area contributed by atoms with Crippen LogP contribution in [-0.4, -0.2) is 0 Å². The Balaban J connectivity index is 2.42. The molecule has 0 radical (unpaired) electrons. The number of rotatable bonds is 3. The van der Waals surface area contributed by atoms with E-state index in [0.717, 1.165) is 22.2 Å². The molecule has 0 bridgehead atoms. The highest BCUT2D eigenvalue weighted by molar-refractivity contribution is 9.10. The third-order valence-electron chi connectivity index (χ3n) is 2.90. The molecule has 2 aromatic rings. The van der Waals surface area contributed by atoms with E-state index in [2.05, 4.69) is 21.4 Å². The lowest BCUT2D eigenvalue weighted by atomic mass is 9.97. The van der Waals surface area contributed by atoms with Gasteiger partial charge in [0.1, 0.15) is 0 Å². The molecule has 0 heterocycles. The van der Waals surface area contributed by atoms with Gasteiger partial charge < -0.3 is 0 Å². The minimum Gasteiger partial charge on any atom is -0.271 e. The fourth-order valence-corrected chi connectivity index (χ4v) is 2.38. The quantitative estimate of drug-likeness (QED) is 0.651. The third kappa shape index (κ3) is 3.39. The van der Waals surface area contributed by atoms with E-state index in [1.807, 2.05) is 12.1 Å². The molecule has 0 aliphatic rings. The standard InChI is InChI=1S/C14H12BrF3N2/c15-12-6-2-4-10(8-12)13(20-19)9-3-1-5-11(7-9)14(16,17)18/h1-8,13,20H,19H2. The average molecular weight is 345 g/mol. The number of halogens is 4. The van der Waals surface area contributed by atoms with Gasteiger partial charge in [0.25, 0.3) is 0 Å². The summed E-state index contributed by atoms with van der Waals surface area (Å²) in [7, 11) is 0. The molecule has 2 aromatic carbocycles. The van der Waals surface area contributed by atoms with Crippen LogP contribution in [0.5, 0.6) is 0 Å². The summed E-state index contributed by atoms with van der Waals surface area (Å²) in [6.45, 7) is 0. The number of nitrogens with two attached hydrogens (primary N) is 1. The number of hydrogen-bond donors (Lipinski definition) is 2. The first-order valence-corrected chi connectivity index (χ1v) is 6.60. The van der Waals surface area contributed by atoms with Crippen molar-refractivity contribution in [3.63, 3.8) is 0 Å². The van der Waals surface area contributed by atoms with Gasteiger partial charge in [-0.2, -0.15) is 13.2 Å². The topological polar surface area (TPSA) is 38.0 Å². The molecule has 6 heteroatoms. The van der Waals surface area contributed by atoms with Gasteiger partial charge in [-0.25, -0.2) is 5.43 Å². The van der Waals surface area contributed by atoms with Crippen LogP contribution < -0.4 is 11.3 Å². The molecule has 3 N–H and O–H groups in total. The van der Waals surface area contributed by atoms with Gasteiger partial charge in [-0.05, 0) is 35.4 Å². The van der Waals surface area contributed by atoms with Gasteiger partial charge in [-0.15, -0.1) is 0 Å². The van der Waals surface area contributed by atoms with E-state index < -0.39 is 17.8 Å². The summed E-state index contributed by atoms with van der Waals surface area (Å²) in [5.41, 5.74) is 3.10. The molecular weight excluding hydrogens is 333 g/mol. The second-order valence-corrected chi connectivity index (χ2v) is 5.19. The van der Waals surface area contributed by atoms with Crippen LogP contribution in [0.4, 0.5) is 13.2 Å². The van der Waals surface area contributed by atoms with Gasteiger partial charge in [0.15, 0.2) is 0 Å². The lowest BCUT2D eigenvalue weighted by Crippen LogP contribution is -2.29. The molecule has 1 atom stereocenters. The molecule has 0 aliphatic heterocycles. The van der Waals surface area contributed by atoms with Crippen LogP contribution in [0.1, 0.15) is 22.7 Å². The van der Waals surface area contributed by atoms with Crippen LogP contribution in [0.15, 0.2) is 53.0 Å². The Kier molecular flexibility index (Phi) is 4.47. The molecule has 0 amide bonds. The lowest BCUT2D eigenvalue weighted by Gasteiger charge is -2.18. The molecule has 1 unspecified atom stereocenters. The summed E-state index contributed by atoms with van der Waals surface area (Å²) in [4.78, 5) is 0. The van der Waals surface area contributed by atoms with Crippen LogP contribution >= 0.6 is 15.9 Å². The van der Waals surface area contributed by atoms with Crippen molar-refractivity contribution in [2.24, 2.45) is 5.84 Å². The molecule has 2 nitrogen and oxygen atoms in total. The Morgan fingerprint density at radius 2 is 1.60 bits per heavy atom. The van der Waals surface area contributed by atoms with Gasteiger partial charge in [0.05, 0.1) is 11.6 Å². The van der Waals surface area contributed by atoms with Crippen molar-refractivity contribution in [3.05, 3.63) is 69.7 Å². The number of alkyl halides is 3. The normalized spacial score (nSPS) is 13.2. The first-order valence-electron chi connectivity index (χ1n) is 5.80. The predicted octanol–water partition coefficient (Wildman–Crippen LogP) is 4.02. The van der Waals surface area contributed by atoms with Crippen LogP contribution in [0.2, 0.25) is 0 Å². The minimum absolute atomic E-state index is 0.459. The zero-order chi connectivity index (χ0) is 14.8. The van der Waals surface area contributed by atoms with Crippen molar-refractivity contribution in [2.45, 2.75) is 12.2 Å². The average Bonchev–Trinajstić information content (AvgIpc) is 2.39. The number of hydrogen-bond acceptors (Lipinski definition) is 2. The summed E-state index contributed by atoms with van der Waals surface area (Å²) >= 11 is 3.33. The summed E-state index contributed by atoms with van der Waals surface area (Å²) in [5.74, 6) is 5.50. The Hall–Kier alpha value is -1.37. The van der Waals surface area contributed by atoms with E-state index >= 15 is 0 Å². The molecule has 0 saturated carbocycles. The van der Waals surface area contributed by atoms with E-state index in [1.54, 1.807) is 18.2 Å². The van der Waals surface area contributed by atoms with Crippen LogP contribution in [0.3, 0.4) is 0 Å². The summed E-state index contributed by atoms with van der Waals surface area (Å²) in [6.07, 6.45) is -4.37.